The molecule has 1 fully saturated rings. The number of anilines is 2. The monoisotopic (exact) mass is 428 g/mol. The lowest BCUT2D eigenvalue weighted by Gasteiger charge is -2.19. The van der Waals surface area contributed by atoms with Crippen LogP contribution in [-0.2, 0) is 6.54 Å². The van der Waals surface area contributed by atoms with Crippen molar-refractivity contribution >= 4 is 22.7 Å². The summed E-state index contributed by atoms with van der Waals surface area (Å²) in [5.41, 5.74) is 9.27. The molecule has 0 unspecified atom stereocenters. The molecule has 2 heterocycles. The second-order valence-electron chi connectivity index (χ2n) is 8.30. The van der Waals surface area contributed by atoms with Crippen LogP contribution in [0.3, 0.4) is 0 Å². The van der Waals surface area contributed by atoms with Crippen molar-refractivity contribution in [2.45, 2.75) is 44.6 Å². The summed E-state index contributed by atoms with van der Waals surface area (Å²) in [6.07, 6.45) is 8.11. The number of nitrogen functional groups attached to an aromatic ring is 1. The van der Waals surface area contributed by atoms with Gasteiger partial charge in [0, 0.05) is 24.0 Å². The third-order valence-corrected chi connectivity index (χ3v) is 6.19. The number of ether oxygens (including phenoxy) is 1. The number of hydrogen-bond acceptors (Lipinski definition) is 6. The van der Waals surface area contributed by atoms with Crippen molar-refractivity contribution in [1.82, 2.24) is 19.5 Å². The Bertz CT molecular complexity index is 1210. The molecule has 7 nitrogen and oxygen atoms in total. The minimum Gasteiger partial charge on any atom is -0.494 e. The number of methoxy groups -OCH3 is 1. The molecule has 1 aliphatic rings. The first-order valence-corrected chi connectivity index (χ1v) is 11.2. The molecule has 1 aliphatic carbocycles. The predicted octanol–water partition coefficient (Wildman–Crippen LogP) is 5.07. The summed E-state index contributed by atoms with van der Waals surface area (Å²) in [5, 5.41) is 4.37. The van der Waals surface area contributed by atoms with Crippen LogP contribution in [0.4, 0.5) is 11.8 Å². The molecule has 0 atom stereocenters. The van der Waals surface area contributed by atoms with Gasteiger partial charge in [-0.2, -0.15) is 4.98 Å². The Kier molecular flexibility index (Phi) is 5.62. The van der Waals surface area contributed by atoms with Gasteiger partial charge in [-0.3, -0.25) is 4.57 Å². The molecule has 3 N–H and O–H groups in total. The van der Waals surface area contributed by atoms with E-state index in [0.717, 1.165) is 35.3 Å². The summed E-state index contributed by atoms with van der Waals surface area (Å²) < 4.78 is 7.39. The topological polar surface area (TPSA) is 90.9 Å². The van der Waals surface area contributed by atoms with Gasteiger partial charge in [0.25, 0.3) is 0 Å². The molecule has 7 heteroatoms. The number of nitrogens with two attached hydrogens (primary N) is 1. The zero-order chi connectivity index (χ0) is 21.9. The van der Waals surface area contributed by atoms with Crippen molar-refractivity contribution in [3.8, 4) is 11.7 Å². The molecule has 1 saturated carbocycles. The van der Waals surface area contributed by atoms with Gasteiger partial charge in [-0.1, -0.05) is 55.7 Å². The third kappa shape index (κ3) is 3.98. The van der Waals surface area contributed by atoms with E-state index in [9.17, 15) is 0 Å². The normalized spacial score (nSPS) is 14.5. The largest absolute Gasteiger partial charge is 0.494 e. The summed E-state index contributed by atoms with van der Waals surface area (Å²) >= 11 is 0. The molecule has 0 spiro atoms. The average Bonchev–Trinajstić information content (AvgIpc) is 3.24. The minimum atomic E-state index is 0.411. The lowest BCUT2D eigenvalue weighted by Crippen LogP contribution is -2.09. The SMILES string of the molecule is COc1cccc2c(NCc3ccccc3)nc(-n3cc(C4CCCCC4)nc3N)nc12. The maximum absolute atomic E-state index is 6.33. The standard InChI is InChI=1S/C25H28N6O/c1-32-21-14-8-13-19-22(21)29-25(30-23(19)27-15-17-9-4-2-5-10-17)31-16-20(28-24(31)26)18-11-6-3-7-12-18/h2,4-5,8-10,13-14,16,18H,3,6-7,11-12,15H2,1H3,(H2,26,28)(H,27,29,30). The lowest BCUT2D eigenvalue weighted by atomic mass is 9.87. The summed E-state index contributed by atoms with van der Waals surface area (Å²) in [7, 11) is 1.65. The van der Waals surface area contributed by atoms with Gasteiger partial charge in [-0.25, -0.2) is 9.97 Å². The van der Waals surface area contributed by atoms with E-state index in [1.807, 2.05) is 42.6 Å². The third-order valence-electron chi connectivity index (χ3n) is 6.19. The minimum absolute atomic E-state index is 0.411. The number of imidazole rings is 1. The van der Waals surface area contributed by atoms with Crippen molar-refractivity contribution in [3.05, 3.63) is 66.0 Å². The van der Waals surface area contributed by atoms with Crippen molar-refractivity contribution < 1.29 is 4.74 Å². The highest BCUT2D eigenvalue weighted by Crippen LogP contribution is 2.34. The van der Waals surface area contributed by atoms with Crippen LogP contribution in [0.1, 0.15) is 49.3 Å². The van der Waals surface area contributed by atoms with Crippen LogP contribution in [0.15, 0.2) is 54.7 Å². The Morgan fingerprint density at radius 3 is 2.59 bits per heavy atom. The fourth-order valence-electron chi connectivity index (χ4n) is 4.47. The van der Waals surface area contributed by atoms with Crippen LogP contribution in [-0.4, -0.2) is 26.6 Å². The van der Waals surface area contributed by atoms with Crippen molar-refractivity contribution in [1.29, 1.82) is 0 Å². The van der Waals surface area contributed by atoms with Gasteiger partial charge in [-0.15, -0.1) is 0 Å². The first-order valence-electron chi connectivity index (χ1n) is 11.2. The maximum Gasteiger partial charge on any atom is 0.239 e. The molecule has 2 aromatic heterocycles. The highest BCUT2D eigenvalue weighted by atomic mass is 16.5. The zero-order valence-corrected chi connectivity index (χ0v) is 18.3. The number of para-hydroxylation sites is 1. The van der Waals surface area contributed by atoms with Crippen LogP contribution < -0.4 is 15.8 Å². The number of rotatable bonds is 6. The molecule has 0 aliphatic heterocycles. The first-order chi connectivity index (χ1) is 15.7. The zero-order valence-electron chi connectivity index (χ0n) is 18.3. The van der Waals surface area contributed by atoms with Crippen LogP contribution in [0, 0.1) is 0 Å². The van der Waals surface area contributed by atoms with Gasteiger partial charge in [-0.05, 0) is 30.5 Å². The van der Waals surface area contributed by atoms with Gasteiger partial charge in [0.15, 0.2) is 0 Å². The molecule has 0 radical (unpaired) electrons. The number of fused-ring (bicyclic) bond motifs is 1. The van der Waals surface area contributed by atoms with Crippen molar-refractivity contribution in [2.75, 3.05) is 18.2 Å². The van der Waals surface area contributed by atoms with E-state index in [1.54, 1.807) is 11.7 Å². The highest BCUT2D eigenvalue weighted by Gasteiger charge is 2.21. The predicted molar refractivity (Wildman–Crippen MR) is 127 cm³/mol. The molecule has 0 saturated heterocycles. The Hall–Kier alpha value is -3.61. The lowest BCUT2D eigenvalue weighted by molar-refractivity contribution is 0.419. The van der Waals surface area contributed by atoms with Crippen LogP contribution in [0.25, 0.3) is 16.9 Å². The summed E-state index contributed by atoms with van der Waals surface area (Å²) in [5.74, 6) is 2.79. The van der Waals surface area contributed by atoms with Gasteiger partial charge in [0.2, 0.25) is 11.9 Å². The van der Waals surface area contributed by atoms with E-state index in [1.165, 1.54) is 24.8 Å². The summed E-state index contributed by atoms with van der Waals surface area (Å²) in [6.45, 7) is 0.649. The number of nitrogens with one attached hydrogen (secondary N) is 1. The summed E-state index contributed by atoms with van der Waals surface area (Å²) in [4.78, 5) is 14.3. The number of nitrogens with zero attached hydrogens (tertiary/aromatic N) is 4. The van der Waals surface area contributed by atoms with Gasteiger partial charge in [0.05, 0.1) is 12.8 Å². The Balaban J connectivity index is 1.56. The Morgan fingerprint density at radius 1 is 1.00 bits per heavy atom. The van der Waals surface area contributed by atoms with E-state index in [-0.39, 0.29) is 0 Å². The van der Waals surface area contributed by atoms with Crippen LogP contribution >= 0.6 is 0 Å². The van der Waals surface area contributed by atoms with Crippen LogP contribution in [0.2, 0.25) is 0 Å². The quantitative estimate of drug-likeness (QED) is 0.446. The second kappa shape index (κ2) is 8.86. The Labute approximate surface area is 187 Å². The maximum atomic E-state index is 6.33. The molecule has 0 amide bonds. The molecular weight excluding hydrogens is 400 g/mol. The number of aromatic nitrogens is 4. The van der Waals surface area contributed by atoms with E-state index >= 15 is 0 Å². The van der Waals surface area contributed by atoms with E-state index in [4.69, 9.17) is 20.4 Å². The average molecular weight is 429 g/mol. The van der Waals surface area contributed by atoms with Gasteiger partial charge >= 0.3 is 0 Å². The first kappa shape index (κ1) is 20.3. The molecule has 4 aromatic rings. The molecule has 5 rings (SSSR count). The molecule has 164 valence electrons. The van der Waals surface area contributed by atoms with Gasteiger partial charge in [0.1, 0.15) is 17.1 Å². The highest BCUT2D eigenvalue weighted by molar-refractivity contribution is 5.93. The van der Waals surface area contributed by atoms with Crippen molar-refractivity contribution in [2.24, 2.45) is 0 Å². The second-order valence-corrected chi connectivity index (χ2v) is 8.30. The summed E-state index contributed by atoms with van der Waals surface area (Å²) in [6, 6.07) is 16.1. The Morgan fingerprint density at radius 2 is 1.81 bits per heavy atom. The fourth-order valence-corrected chi connectivity index (χ4v) is 4.47. The van der Waals surface area contributed by atoms with Crippen LogP contribution in [0.5, 0.6) is 5.75 Å². The van der Waals surface area contributed by atoms with Crippen molar-refractivity contribution in [3.63, 3.8) is 0 Å². The molecule has 32 heavy (non-hydrogen) atoms. The molecule has 2 aromatic carbocycles. The fraction of sp³-hybridized carbons (Fsp3) is 0.320. The smallest absolute Gasteiger partial charge is 0.239 e. The van der Waals surface area contributed by atoms with E-state index < -0.39 is 0 Å². The van der Waals surface area contributed by atoms with E-state index in [0.29, 0.717) is 30.1 Å². The molecular formula is C25H28N6O. The van der Waals surface area contributed by atoms with Gasteiger partial charge < -0.3 is 15.8 Å². The molecule has 0 bridgehead atoms. The number of hydrogen-bond donors (Lipinski definition) is 2. The van der Waals surface area contributed by atoms with E-state index in [2.05, 4.69) is 22.4 Å². The number of benzene rings is 2.